The Morgan fingerprint density at radius 1 is 0.481 bits per heavy atom. The number of hydrogen-bond donors (Lipinski definition) is 0. The van der Waals surface area contributed by atoms with Gasteiger partial charge >= 0.3 is 0 Å². The summed E-state index contributed by atoms with van der Waals surface area (Å²) in [5.74, 6) is 2.69. The Hall–Kier alpha value is -6.92. The second kappa shape index (κ2) is 12.1. The average molecular weight is 670 g/mol. The zero-order valence-electron chi connectivity index (χ0n) is 28.4. The van der Waals surface area contributed by atoms with Crippen LogP contribution in [0.2, 0.25) is 0 Å². The summed E-state index contributed by atoms with van der Waals surface area (Å²) < 4.78 is 8.45. The van der Waals surface area contributed by atoms with Gasteiger partial charge in [-0.15, -0.1) is 0 Å². The molecule has 0 aliphatic heterocycles. The number of fused-ring (bicyclic) bond motifs is 6. The molecule has 0 aliphatic carbocycles. The molecule has 10 aromatic rings. The van der Waals surface area contributed by atoms with Gasteiger partial charge in [0.2, 0.25) is 0 Å². The smallest absolute Gasteiger partial charge is 0.165 e. The number of aryl methyl sites for hydroxylation is 1. The van der Waals surface area contributed by atoms with Gasteiger partial charge in [-0.1, -0.05) is 110 Å². The van der Waals surface area contributed by atoms with Crippen molar-refractivity contribution in [1.82, 2.24) is 24.5 Å². The highest BCUT2D eigenvalue weighted by Gasteiger charge is 2.17. The molecule has 0 saturated carbocycles. The maximum Gasteiger partial charge on any atom is 0.165 e. The molecule has 4 aromatic heterocycles. The van der Waals surface area contributed by atoms with E-state index in [0.29, 0.717) is 17.5 Å². The fraction of sp³-hybridized carbons (Fsp3) is 0.0435. The van der Waals surface area contributed by atoms with Crippen LogP contribution in [0.4, 0.5) is 0 Å². The van der Waals surface area contributed by atoms with Crippen LogP contribution in [0, 0.1) is 0 Å². The van der Waals surface area contributed by atoms with Crippen LogP contribution in [0.15, 0.2) is 162 Å². The summed E-state index contributed by atoms with van der Waals surface area (Å²) in [6, 6.07) is 52.3. The first-order valence-corrected chi connectivity index (χ1v) is 17.5. The van der Waals surface area contributed by atoms with Gasteiger partial charge in [-0.05, 0) is 71.6 Å². The predicted octanol–water partition coefficient (Wildman–Crippen LogP) is 11.5. The molecule has 0 saturated heterocycles. The second-order valence-corrected chi connectivity index (χ2v) is 13.0. The average Bonchev–Trinajstić information content (AvgIpc) is 3.76. The topological polar surface area (TPSA) is 69.6 Å². The minimum absolute atomic E-state index is 0.585. The Bertz CT molecular complexity index is 2940. The van der Waals surface area contributed by atoms with Crippen LogP contribution in [-0.2, 0) is 6.42 Å². The molecule has 0 amide bonds. The summed E-state index contributed by atoms with van der Waals surface area (Å²) in [5, 5.41) is 4.59. The molecular formula is C46H31N5O. The Kier molecular flexibility index (Phi) is 6.99. The fourth-order valence-corrected chi connectivity index (χ4v) is 7.34. The number of hydrogen-bond acceptors (Lipinski definition) is 5. The zero-order valence-corrected chi connectivity index (χ0v) is 28.4. The van der Waals surface area contributed by atoms with Gasteiger partial charge in [0.15, 0.2) is 17.5 Å². The van der Waals surface area contributed by atoms with E-state index in [2.05, 4.69) is 115 Å². The molecule has 4 heterocycles. The van der Waals surface area contributed by atoms with Gasteiger partial charge in [-0.25, -0.2) is 19.9 Å². The maximum absolute atomic E-state index is 6.22. The third-order valence-corrected chi connectivity index (χ3v) is 9.93. The SMILES string of the molecule is CCc1ccccc1-c1nc(-c2ccccc2)nc(-c2ccc(-n3c4ccccc4c4cc(-c5ccc6c(c5)oc5ccccc56)ccc43)nc2)n1. The van der Waals surface area contributed by atoms with Crippen LogP contribution in [0.5, 0.6) is 0 Å². The molecule has 0 atom stereocenters. The van der Waals surface area contributed by atoms with E-state index in [0.717, 1.165) is 78.4 Å². The Morgan fingerprint density at radius 2 is 1.13 bits per heavy atom. The molecule has 6 nitrogen and oxygen atoms in total. The lowest BCUT2D eigenvalue weighted by atomic mass is 10.0. The first kappa shape index (κ1) is 29.9. The van der Waals surface area contributed by atoms with E-state index in [4.69, 9.17) is 24.4 Å². The lowest BCUT2D eigenvalue weighted by Gasteiger charge is -2.11. The van der Waals surface area contributed by atoms with Crippen LogP contribution in [0.3, 0.4) is 0 Å². The van der Waals surface area contributed by atoms with E-state index >= 15 is 0 Å². The van der Waals surface area contributed by atoms with Gasteiger partial charge < -0.3 is 4.42 Å². The summed E-state index contributed by atoms with van der Waals surface area (Å²) in [6.45, 7) is 2.15. The molecular weight excluding hydrogens is 639 g/mol. The van der Waals surface area contributed by atoms with Crippen molar-refractivity contribution in [3.63, 3.8) is 0 Å². The Balaban J connectivity index is 1.07. The standard InChI is InChI=1S/C46H31N5O/c1-2-29-12-6-7-15-34(29)46-49-44(30-13-4-3-5-14-30)48-45(50-46)33-22-25-43(47-28-33)51-39-18-10-8-16-35(39)38-26-31(21-24-40(38)51)32-20-23-37-36-17-9-11-19-41(36)52-42(37)27-32/h3-28H,2H2,1H3. The van der Waals surface area contributed by atoms with Gasteiger partial charge in [0, 0.05) is 44.4 Å². The lowest BCUT2D eigenvalue weighted by molar-refractivity contribution is 0.669. The normalized spacial score (nSPS) is 11.6. The van der Waals surface area contributed by atoms with Gasteiger partial charge in [0.05, 0.1) is 11.0 Å². The first-order valence-electron chi connectivity index (χ1n) is 17.5. The maximum atomic E-state index is 6.22. The van der Waals surface area contributed by atoms with Crippen molar-refractivity contribution < 1.29 is 4.42 Å². The van der Waals surface area contributed by atoms with Crippen molar-refractivity contribution in [3.8, 4) is 51.1 Å². The largest absolute Gasteiger partial charge is 0.456 e. The lowest BCUT2D eigenvalue weighted by Crippen LogP contribution is -2.02. The molecule has 6 heteroatoms. The minimum atomic E-state index is 0.585. The number of aromatic nitrogens is 5. The fourth-order valence-electron chi connectivity index (χ4n) is 7.34. The number of nitrogens with zero attached hydrogens (tertiary/aromatic N) is 5. The quantitative estimate of drug-likeness (QED) is 0.176. The molecule has 0 bridgehead atoms. The highest BCUT2D eigenvalue weighted by molar-refractivity contribution is 6.11. The first-order chi connectivity index (χ1) is 25.7. The highest BCUT2D eigenvalue weighted by Crippen LogP contribution is 2.37. The summed E-state index contributed by atoms with van der Waals surface area (Å²) in [4.78, 5) is 19.9. The van der Waals surface area contributed by atoms with Crippen molar-refractivity contribution in [3.05, 3.63) is 163 Å². The summed E-state index contributed by atoms with van der Waals surface area (Å²) >= 11 is 0. The molecule has 6 aromatic carbocycles. The second-order valence-electron chi connectivity index (χ2n) is 13.0. The highest BCUT2D eigenvalue weighted by atomic mass is 16.3. The summed E-state index contributed by atoms with van der Waals surface area (Å²) in [5.41, 5.74) is 10.2. The molecule has 0 N–H and O–H groups in total. The van der Waals surface area contributed by atoms with Crippen molar-refractivity contribution in [2.24, 2.45) is 0 Å². The van der Waals surface area contributed by atoms with Crippen LogP contribution in [-0.4, -0.2) is 24.5 Å². The van der Waals surface area contributed by atoms with Crippen molar-refractivity contribution >= 4 is 43.7 Å². The van der Waals surface area contributed by atoms with E-state index in [-0.39, 0.29) is 0 Å². The van der Waals surface area contributed by atoms with Gasteiger partial charge in [-0.2, -0.15) is 0 Å². The van der Waals surface area contributed by atoms with Crippen LogP contribution >= 0.6 is 0 Å². The van der Waals surface area contributed by atoms with Crippen LogP contribution in [0.1, 0.15) is 12.5 Å². The molecule has 10 rings (SSSR count). The van der Waals surface area contributed by atoms with E-state index in [1.54, 1.807) is 0 Å². The molecule has 52 heavy (non-hydrogen) atoms. The van der Waals surface area contributed by atoms with E-state index in [9.17, 15) is 0 Å². The zero-order chi connectivity index (χ0) is 34.6. The van der Waals surface area contributed by atoms with Gasteiger partial charge in [-0.3, -0.25) is 4.57 Å². The van der Waals surface area contributed by atoms with E-state index in [1.807, 2.05) is 54.7 Å². The molecule has 246 valence electrons. The van der Waals surface area contributed by atoms with Crippen molar-refractivity contribution in [2.45, 2.75) is 13.3 Å². The molecule has 0 unspecified atom stereocenters. The van der Waals surface area contributed by atoms with Crippen molar-refractivity contribution in [1.29, 1.82) is 0 Å². The van der Waals surface area contributed by atoms with Gasteiger partial charge in [0.1, 0.15) is 17.0 Å². The van der Waals surface area contributed by atoms with Crippen LogP contribution in [0.25, 0.3) is 94.9 Å². The minimum Gasteiger partial charge on any atom is -0.456 e. The van der Waals surface area contributed by atoms with Gasteiger partial charge in [0.25, 0.3) is 0 Å². The third kappa shape index (κ3) is 4.95. The molecule has 0 radical (unpaired) electrons. The van der Waals surface area contributed by atoms with E-state index < -0.39 is 0 Å². The van der Waals surface area contributed by atoms with E-state index in [1.165, 1.54) is 10.9 Å². The summed E-state index contributed by atoms with van der Waals surface area (Å²) in [6.07, 6.45) is 2.75. The Labute approximate surface area is 299 Å². The monoisotopic (exact) mass is 669 g/mol. The molecule has 0 fully saturated rings. The third-order valence-electron chi connectivity index (χ3n) is 9.93. The number of furan rings is 1. The molecule has 0 aliphatic rings. The number of rotatable bonds is 6. The number of para-hydroxylation sites is 2. The molecule has 0 spiro atoms. The number of benzene rings is 6. The Morgan fingerprint density at radius 3 is 1.98 bits per heavy atom. The number of pyridine rings is 1. The van der Waals surface area contributed by atoms with Crippen LogP contribution < -0.4 is 0 Å². The van der Waals surface area contributed by atoms with Crippen molar-refractivity contribution in [2.75, 3.05) is 0 Å². The summed E-state index contributed by atoms with van der Waals surface area (Å²) in [7, 11) is 0. The predicted molar refractivity (Wildman–Crippen MR) is 210 cm³/mol.